The molecule has 1 aliphatic rings. The Bertz CT molecular complexity index is 678. The SMILES string of the molecule is O=C(c1ccn(C(F)F)n1)N1CCC[C@H](OCc2ccccn2)C1. The van der Waals surface area contributed by atoms with Gasteiger partial charge in [-0.25, -0.2) is 4.68 Å². The van der Waals surface area contributed by atoms with Crippen molar-refractivity contribution in [3.05, 3.63) is 48.0 Å². The number of carbonyl (C=O) groups excluding carboxylic acids is 1. The van der Waals surface area contributed by atoms with Crippen LogP contribution >= 0.6 is 0 Å². The quantitative estimate of drug-likeness (QED) is 0.842. The van der Waals surface area contributed by atoms with Crippen LogP contribution in [0.3, 0.4) is 0 Å². The summed E-state index contributed by atoms with van der Waals surface area (Å²) in [5, 5.41) is 3.63. The van der Waals surface area contributed by atoms with E-state index in [-0.39, 0.29) is 17.7 Å². The molecule has 2 aromatic heterocycles. The van der Waals surface area contributed by atoms with Crippen LogP contribution in [0, 0.1) is 0 Å². The van der Waals surface area contributed by atoms with E-state index in [1.54, 1.807) is 11.1 Å². The first kappa shape index (κ1) is 16.5. The van der Waals surface area contributed by atoms with Crippen molar-refractivity contribution in [1.82, 2.24) is 19.7 Å². The molecule has 0 bridgehead atoms. The number of hydrogen-bond acceptors (Lipinski definition) is 4. The second-order valence-corrected chi connectivity index (χ2v) is 5.61. The highest BCUT2D eigenvalue weighted by Gasteiger charge is 2.26. The fourth-order valence-corrected chi connectivity index (χ4v) is 2.67. The van der Waals surface area contributed by atoms with Crippen LogP contribution in [-0.4, -0.2) is 44.8 Å². The predicted molar refractivity (Wildman–Crippen MR) is 81.4 cm³/mol. The molecular weight excluding hydrogens is 318 g/mol. The van der Waals surface area contributed by atoms with Crippen LogP contribution in [0.15, 0.2) is 36.7 Å². The second-order valence-electron chi connectivity index (χ2n) is 5.61. The van der Waals surface area contributed by atoms with Crippen molar-refractivity contribution < 1.29 is 18.3 Å². The van der Waals surface area contributed by atoms with Gasteiger partial charge in [-0.15, -0.1) is 0 Å². The molecule has 0 spiro atoms. The highest BCUT2D eigenvalue weighted by atomic mass is 19.3. The van der Waals surface area contributed by atoms with E-state index in [0.717, 1.165) is 24.7 Å². The minimum absolute atomic E-state index is 0.0284. The first-order valence-corrected chi connectivity index (χ1v) is 7.77. The molecule has 1 aliphatic heterocycles. The zero-order chi connectivity index (χ0) is 16.9. The first-order chi connectivity index (χ1) is 11.6. The topological polar surface area (TPSA) is 60.2 Å². The molecule has 8 heteroatoms. The molecule has 2 aromatic rings. The van der Waals surface area contributed by atoms with Crippen molar-refractivity contribution in [2.24, 2.45) is 0 Å². The maximum Gasteiger partial charge on any atom is 0.333 e. The maximum atomic E-state index is 12.6. The minimum Gasteiger partial charge on any atom is -0.370 e. The molecule has 0 radical (unpaired) electrons. The molecule has 1 fully saturated rings. The number of rotatable bonds is 5. The molecule has 0 unspecified atom stereocenters. The van der Waals surface area contributed by atoms with Gasteiger partial charge < -0.3 is 9.64 Å². The van der Waals surface area contributed by atoms with Gasteiger partial charge >= 0.3 is 6.55 Å². The van der Waals surface area contributed by atoms with Crippen molar-refractivity contribution in [1.29, 1.82) is 0 Å². The molecule has 128 valence electrons. The zero-order valence-corrected chi connectivity index (χ0v) is 13.0. The number of ether oxygens (including phenoxy) is 1. The van der Waals surface area contributed by atoms with E-state index < -0.39 is 6.55 Å². The van der Waals surface area contributed by atoms with E-state index in [4.69, 9.17) is 4.74 Å². The normalized spacial score (nSPS) is 18.1. The van der Waals surface area contributed by atoms with E-state index in [1.807, 2.05) is 18.2 Å². The fourth-order valence-electron chi connectivity index (χ4n) is 2.67. The summed E-state index contributed by atoms with van der Waals surface area (Å²) < 4.78 is 31.4. The number of pyridine rings is 1. The second kappa shape index (κ2) is 7.48. The highest BCUT2D eigenvalue weighted by molar-refractivity contribution is 5.92. The number of nitrogens with zero attached hydrogens (tertiary/aromatic N) is 4. The van der Waals surface area contributed by atoms with Gasteiger partial charge in [0, 0.05) is 25.5 Å². The molecule has 1 saturated heterocycles. The fraction of sp³-hybridized carbons (Fsp3) is 0.438. The number of likely N-dealkylation sites (tertiary alicyclic amines) is 1. The van der Waals surface area contributed by atoms with Crippen molar-refractivity contribution in [3.63, 3.8) is 0 Å². The lowest BCUT2D eigenvalue weighted by Crippen LogP contribution is -2.43. The molecule has 1 amide bonds. The Kier molecular flexibility index (Phi) is 5.14. The minimum atomic E-state index is -2.75. The van der Waals surface area contributed by atoms with Gasteiger partial charge in [0.15, 0.2) is 5.69 Å². The lowest BCUT2D eigenvalue weighted by atomic mass is 10.1. The van der Waals surface area contributed by atoms with Crippen LogP contribution in [0.25, 0.3) is 0 Å². The van der Waals surface area contributed by atoms with Gasteiger partial charge in [0.2, 0.25) is 0 Å². The van der Waals surface area contributed by atoms with Crippen LogP contribution in [0.1, 0.15) is 35.6 Å². The van der Waals surface area contributed by atoms with Crippen molar-refractivity contribution in [2.75, 3.05) is 13.1 Å². The lowest BCUT2D eigenvalue weighted by Gasteiger charge is -2.32. The Balaban J connectivity index is 1.57. The first-order valence-electron chi connectivity index (χ1n) is 7.77. The molecule has 0 aliphatic carbocycles. The van der Waals surface area contributed by atoms with Crippen LogP contribution in [0.5, 0.6) is 0 Å². The summed E-state index contributed by atoms with van der Waals surface area (Å²) in [5.74, 6) is -0.347. The number of carbonyl (C=O) groups is 1. The number of hydrogen-bond donors (Lipinski definition) is 0. The van der Waals surface area contributed by atoms with Crippen LogP contribution < -0.4 is 0 Å². The molecule has 0 aromatic carbocycles. The molecule has 1 atom stereocenters. The van der Waals surface area contributed by atoms with E-state index >= 15 is 0 Å². The average Bonchev–Trinajstić information content (AvgIpc) is 3.11. The highest BCUT2D eigenvalue weighted by Crippen LogP contribution is 2.17. The predicted octanol–water partition coefficient (Wildman–Crippen LogP) is 2.49. The molecule has 3 heterocycles. The third kappa shape index (κ3) is 3.94. The number of halogens is 2. The van der Waals surface area contributed by atoms with Gasteiger partial charge in [-0.05, 0) is 31.0 Å². The number of aromatic nitrogens is 3. The number of piperidine rings is 1. The number of alkyl halides is 2. The molecule has 6 nitrogen and oxygen atoms in total. The maximum absolute atomic E-state index is 12.6. The Morgan fingerprint density at radius 3 is 2.96 bits per heavy atom. The largest absolute Gasteiger partial charge is 0.370 e. The molecule has 3 rings (SSSR count). The zero-order valence-electron chi connectivity index (χ0n) is 13.0. The average molecular weight is 336 g/mol. The summed E-state index contributed by atoms with van der Waals surface area (Å²) in [6.07, 6.45) is 4.36. The van der Waals surface area contributed by atoms with E-state index in [1.165, 1.54) is 6.07 Å². The van der Waals surface area contributed by atoms with Gasteiger partial charge in [-0.2, -0.15) is 13.9 Å². The van der Waals surface area contributed by atoms with E-state index in [2.05, 4.69) is 10.1 Å². The summed E-state index contributed by atoms with van der Waals surface area (Å²) in [4.78, 5) is 18.2. The smallest absolute Gasteiger partial charge is 0.333 e. The third-order valence-corrected chi connectivity index (χ3v) is 3.89. The summed E-state index contributed by atoms with van der Waals surface area (Å²) in [6.45, 7) is -1.37. The van der Waals surface area contributed by atoms with Crippen LogP contribution in [0.2, 0.25) is 0 Å². The monoisotopic (exact) mass is 336 g/mol. The Morgan fingerprint density at radius 1 is 1.38 bits per heavy atom. The summed E-state index contributed by atoms with van der Waals surface area (Å²) >= 11 is 0. The Labute approximate surface area is 138 Å². The van der Waals surface area contributed by atoms with Gasteiger partial charge in [0.05, 0.1) is 18.4 Å². The van der Waals surface area contributed by atoms with Gasteiger partial charge in [0.1, 0.15) is 0 Å². The standard InChI is InChI=1S/C16H18F2N4O2/c17-16(18)22-9-6-14(20-22)15(23)21-8-3-5-13(10-21)24-11-12-4-1-2-7-19-12/h1-2,4,6-7,9,13,16H,3,5,8,10-11H2/t13-/m0/s1. The Hall–Kier alpha value is -2.35. The van der Waals surface area contributed by atoms with Gasteiger partial charge in [0.25, 0.3) is 5.91 Å². The van der Waals surface area contributed by atoms with Crippen molar-refractivity contribution >= 4 is 5.91 Å². The molecule has 0 saturated carbocycles. The summed E-state index contributed by atoms with van der Waals surface area (Å²) in [6, 6.07) is 6.92. The van der Waals surface area contributed by atoms with Crippen LogP contribution in [0.4, 0.5) is 8.78 Å². The Morgan fingerprint density at radius 2 is 2.25 bits per heavy atom. The van der Waals surface area contributed by atoms with E-state index in [9.17, 15) is 13.6 Å². The van der Waals surface area contributed by atoms with Gasteiger partial charge in [-0.3, -0.25) is 9.78 Å². The van der Waals surface area contributed by atoms with Crippen LogP contribution in [-0.2, 0) is 11.3 Å². The molecular formula is C16H18F2N4O2. The number of amides is 1. The van der Waals surface area contributed by atoms with Crippen molar-refractivity contribution in [3.8, 4) is 0 Å². The van der Waals surface area contributed by atoms with Gasteiger partial charge in [-0.1, -0.05) is 6.07 Å². The lowest BCUT2D eigenvalue weighted by molar-refractivity contribution is -0.00814. The molecule has 0 N–H and O–H groups in total. The third-order valence-electron chi connectivity index (χ3n) is 3.89. The van der Waals surface area contributed by atoms with Crippen molar-refractivity contribution in [2.45, 2.75) is 32.1 Å². The van der Waals surface area contributed by atoms with E-state index in [0.29, 0.717) is 24.4 Å². The summed E-state index contributed by atoms with van der Waals surface area (Å²) in [7, 11) is 0. The summed E-state index contributed by atoms with van der Waals surface area (Å²) in [5.41, 5.74) is 0.859. The molecule has 24 heavy (non-hydrogen) atoms.